The molecule has 1 aromatic heterocycles. The van der Waals surface area contributed by atoms with Gasteiger partial charge in [-0.15, -0.1) is 0 Å². The molecule has 1 aliphatic rings. The highest BCUT2D eigenvalue weighted by Gasteiger charge is 2.25. The number of nitrogens with zero attached hydrogens (tertiary/aromatic N) is 1. The summed E-state index contributed by atoms with van der Waals surface area (Å²) in [5.74, 6) is -0.229. The molecule has 1 aliphatic heterocycles. The first-order valence-electron chi connectivity index (χ1n) is 11.4. The van der Waals surface area contributed by atoms with Crippen LogP contribution < -0.4 is 24.8 Å². The Morgan fingerprint density at radius 2 is 1.83 bits per heavy atom. The van der Waals surface area contributed by atoms with Gasteiger partial charge in [-0.05, 0) is 61.8 Å². The Kier molecular flexibility index (Phi) is 8.01. The molecule has 1 saturated heterocycles. The standard InChI is InChI=1S/C25H27FN4O5S/c1-34-22-12-19(15-28-16-22)30-36(32,33)24-7-6-21(35-20-8-10-27-11-9-20)13-23(24)25(31)29-14-17-2-4-18(26)5-3-17/h2-7,12-13,15-16,20,27,30H,8-11,14H2,1H3,(H,29,31). The number of amides is 1. The summed E-state index contributed by atoms with van der Waals surface area (Å²) in [6, 6.07) is 11.5. The third-order valence-corrected chi connectivity index (χ3v) is 7.08. The average Bonchev–Trinajstić information content (AvgIpc) is 2.88. The number of pyridine rings is 1. The number of nitrogens with one attached hydrogen (secondary N) is 3. The third-order valence-electron chi connectivity index (χ3n) is 5.64. The molecule has 0 atom stereocenters. The van der Waals surface area contributed by atoms with Crippen LogP contribution in [0.2, 0.25) is 0 Å². The molecule has 36 heavy (non-hydrogen) atoms. The molecule has 0 radical (unpaired) electrons. The molecule has 2 heterocycles. The van der Waals surface area contributed by atoms with E-state index in [4.69, 9.17) is 9.47 Å². The van der Waals surface area contributed by atoms with Crippen LogP contribution >= 0.6 is 0 Å². The fraction of sp³-hybridized carbons (Fsp3) is 0.280. The maximum Gasteiger partial charge on any atom is 0.262 e. The Balaban J connectivity index is 1.62. The molecule has 9 nitrogen and oxygen atoms in total. The summed E-state index contributed by atoms with van der Waals surface area (Å²) in [6.45, 7) is 1.73. The van der Waals surface area contributed by atoms with Crippen LogP contribution in [0.3, 0.4) is 0 Å². The van der Waals surface area contributed by atoms with Gasteiger partial charge in [0.05, 0.1) is 30.8 Å². The zero-order valence-corrected chi connectivity index (χ0v) is 20.5. The minimum atomic E-state index is -4.17. The number of rotatable bonds is 9. The first-order valence-corrected chi connectivity index (χ1v) is 12.9. The highest BCUT2D eigenvalue weighted by atomic mass is 32.2. The summed E-state index contributed by atoms with van der Waals surface area (Å²) in [6.07, 6.45) is 4.35. The highest BCUT2D eigenvalue weighted by molar-refractivity contribution is 7.92. The van der Waals surface area contributed by atoms with Gasteiger partial charge in [-0.25, -0.2) is 12.8 Å². The number of benzene rings is 2. The molecule has 0 saturated carbocycles. The zero-order valence-electron chi connectivity index (χ0n) is 19.7. The van der Waals surface area contributed by atoms with E-state index >= 15 is 0 Å². The van der Waals surface area contributed by atoms with Crippen molar-refractivity contribution in [2.75, 3.05) is 24.9 Å². The van der Waals surface area contributed by atoms with Gasteiger partial charge in [-0.1, -0.05) is 12.1 Å². The van der Waals surface area contributed by atoms with Gasteiger partial charge in [-0.3, -0.25) is 14.5 Å². The van der Waals surface area contributed by atoms with Gasteiger partial charge in [0.25, 0.3) is 15.9 Å². The first-order chi connectivity index (χ1) is 17.3. The second-order valence-electron chi connectivity index (χ2n) is 8.25. The number of sulfonamides is 1. The molecule has 190 valence electrons. The van der Waals surface area contributed by atoms with Crippen LogP contribution in [0.25, 0.3) is 0 Å². The average molecular weight is 515 g/mol. The third kappa shape index (κ3) is 6.49. The SMILES string of the molecule is COc1cncc(NS(=O)(=O)c2ccc(OC3CCNCC3)cc2C(=O)NCc2ccc(F)cc2)c1. The second kappa shape index (κ2) is 11.4. The Bertz CT molecular complexity index is 1310. The minimum Gasteiger partial charge on any atom is -0.495 e. The molecule has 1 fully saturated rings. The predicted molar refractivity (Wildman–Crippen MR) is 132 cm³/mol. The topological polar surface area (TPSA) is 119 Å². The number of carbonyl (C=O) groups is 1. The predicted octanol–water partition coefficient (Wildman–Crippen LogP) is 3.09. The molecule has 2 aromatic carbocycles. The Morgan fingerprint density at radius 1 is 1.08 bits per heavy atom. The van der Waals surface area contributed by atoms with Gasteiger partial charge < -0.3 is 20.1 Å². The van der Waals surface area contributed by atoms with Gasteiger partial charge in [0.1, 0.15) is 28.3 Å². The summed E-state index contributed by atoms with van der Waals surface area (Å²) in [5, 5.41) is 5.97. The summed E-state index contributed by atoms with van der Waals surface area (Å²) in [4.78, 5) is 16.9. The van der Waals surface area contributed by atoms with Crippen molar-refractivity contribution in [1.29, 1.82) is 0 Å². The number of aromatic nitrogens is 1. The van der Waals surface area contributed by atoms with Crippen LogP contribution in [0.15, 0.2) is 65.8 Å². The molecule has 0 unspecified atom stereocenters. The number of methoxy groups -OCH3 is 1. The summed E-state index contributed by atoms with van der Waals surface area (Å²) in [5.41, 5.74) is 0.769. The van der Waals surface area contributed by atoms with E-state index in [9.17, 15) is 17.6 Å². The van der Waals surface area contributed by atoms with Crippen LogP contribution in [0, 0.1) is 5.82 Å². The van der Waals surface area contributed by atoms with Gasteiger partial charge in [0.2, 0.25) is 0 Å². The molecule has 4 rings (SSSR count). The molecule has 0 spiro atoms. The van der Waals surface area contributed by atoms with Gasteiger partial charge in [0.15, 0.2) is 0 Å². The van der Waals surface area contributed by atoms with Crippen molar-refractivity contribution in [3.63, 3.8) is 0 Å². The van der Waals surface area contributed by atoms with Gasteiger partial charge in [0, 0.05) is 12.6 Å². The molecule has 3 aromatic rings. The number of ether oxygens (including phenoxy) is 2. The molecule has 0 bridgehead atoms. The number of piperidine rings is 1. The number of anilines is 1. The van der Waals surface area contributed by atoms with Gasteiger partial charge >= 0.3 is 0 Å². The summed E-state index contributed by atoms with van der Waals surface area (Å²) in [7, 11) is -2.73. The van der Waals surface area contributed by atoms with Gasteiger partial charge in [-0.2, -0.15) is 0 Å². The van der Waals surface area contributed by atoms with Crippen LogP contribution in [-0.4, -0.2) is 45.6 Å². The molecule has 0 aliphatic carbocycles. The number of halogens is 1. The van der Waals surface area contributed by atoms with Crippen LogP contribution in [0.5, 0.6) is 11.5 Å². The van der Waals surface area contributed by atoms with Crippen molar-refractivity contribution < 1.29 is 27.1 Å². The number of carbonyl (C=O) groups excluding carboxylic acids is 1. The van der Waals surface area contributed by atoms with Crippen LogP contribution in [0.4, 0.5) is 10.1 Å². The van der Waals surface area contributed by atoms with E-state index < -0.39 is 15.9 Å². The van der Waals surface area contributed by atoms with Crippen molar-refractivity contribution in [3.05, 3.63) is 77.9 Å². The monoisotopic (exact) mass is 514 g/mol. The lowest BCUT2D eigenvalue weighted by atomic mass is 10.1. The van der Waals surface area contributed by atoms with Crippen molar-refractivity contribution in [2.24, 2.45) is 0 Å². The van der Waals surface area contributed by atoms with Crippen molar-refractivity contribution in [2.45, 2.75) is 30.4 Å². The summed E-state index contributed by atoms with van der Waals surface area (Å²) >= 11 is 0. The number of hydrogen-bond acceptors (Lipinski definition) is 7. The van der Waals surface area contributed by atoms with Crippen LogP contribution in [0.1, 0.15) is 28.8 Å². The maximum absolute atomic E-state index is 13.3. The summed E-state index contributed by atoms with van der Waals surface area (Å²) < 4.78 is 53.4. The van der Waals surface area contributed by atoms with E-state index in [1.54, 1.807) is 12.1 Å². The minimum absolute atomic E-state index is 0.0372. The van der Waals surface area contributed by atoms with E-state index in [0.717, 1.165) is 25.9 Å². The molecular formula is C25H27FN4O5S. The quantitative estimate of drug-likeness (QED) is 0.402. The Labute approximate surface area is 209 Å². The lowest BCUT2D eigenvalue weighted by Crippen LogP contribution is -2.34. The maximum atomic E-state index is 13.3. The Hall–Kier alpha value is -3.70. The normalized spacial score (nSPS) is 14.2. The molecular weight excluding hydrogens is 487 g/mol. The fourth-order valence-electron chi connectivity index (χ4n) is 3.78. The second-order valence-corrected chi connectivity index (χ2v) is 9.90. The van der Waals surface area contributed by atoms with Crippen molar-refractivity contribution in [3.8, 4) is 11.5 Å². The lowest BCUT2D eigenvalue weighted by molar-refractivity contribution is 0.0946. The zero-order chi connectivity index (χ0) is 25.5. The fourth-order valence-corrected chi connectivity index (χ4v) is 5.00. The van der Waals surface area contributed by atoms with Crippen molar-refractivity contribution in [1.82, 2.24) is 15.6 Å². The van der Waals surface area contributed by atoms with Crippen LogP contribution in [-0.2, 0) is 16.6 Å². The lowest BCUT2D eigenvalue weighted by Gasteiger charge is -2.24. The molecule has 1 amide bonds. The van der Waals surface area contributed by atoms with Crippen molar-refractivity contribution >= 4 is 21.6 Å². The smallest absolute Gasteiger partial charge is 0.262 e. The van der Waals surface area contributed by atoms with E-state index in [1.807, 2.05) is 0 Å². The first kappa shape index (κ1) is 25.4. The molecule has 3 N–H and O–H groups in total. The van der Waals surface area contributed by atoms with E-state index in [0.29, 0.717) is 17.1 Å². The van der Waals surface area contributed by atoms with E-state index in [-0.39, 0.29) is 34.6 Å². The van der Waals surface area contributed by atoms with E-state index in [2.05, 4.69) is 20.3 Å². The molecule has 11 heteroatoms. The largest absolute Gasteiger partial charge is 0.495 e. The highest BCUT2D eigenvalue weighted by Crippen LogP contribution is 2.27. The van der Waals surface area contributed by atoms with E-state index in [1.165, 1.54) is 55.9 Å². The Morgan fingerprint density at radius 3 is 2.56 bits per heavy atom. The number of hydrogen-bond donors (Lipinski definition) is 3.